The summed E-state index contributed by atoms with van der Waals surface area (Å²) in [6, 6.07) is 44.2. The van der Waals surface area contributed by atoms with Crippen LogP contribution in [0, 0.1) is 13.8 Å². The van der Waals surface area contributed by atoms with E-state index in [9.17, 15) is 5.11 Å². The number of rotatable bonds is 7. The van der Waals surface area contributed by atoms with Crippen LogP contribution in [0.15, 0.2) is 140 Å². The highest BCUT2D eigenvalue weighted by Crippen LogP contribution is 2.45. The molecule has 0 fully saturated rings. The molecule has 4 heteroatoms. The highest BCUT2D eigenvalue weighted by Gasteiger charge is 2.29. The molecular weight excluding hydrogens is 719 g/mol. The molecule has 296 valence electrons. The van der Waals surface area contributed by atoms with Crippen molar-refractivity contribution in [1.82, 2.24) is 14.5 Å². The van der Waals surface area contributed by atoms with Crippen LogP contribution >= 0.6 is 0 Å². The van der Waals surface area contributed by atoms with Gasteiger partial charge in [-0.25, -0.2) is 4.98 Å². The molecule has 0 spiro atoms. The Morgan fingerprint density at radius 3 is 2.03 bits per heavy atom. The van der Waals surface area contributed by atoms with Crippen molar-refractivity contribution in [3.05, 3.63) is 167 Å². The average Bonchev–Trinajstić information content (AvgIpc) is 3.62. The third-order valence-corrected chi connectivity index (χ3v) is 11.3. The molecule has 6 aromatic carbocycles. The van der Waals surface area contributed by atoms with Crippen LogP contribution < -0.4 is 0 Å². The molecule has 59 heavy (non-hydrogen) atoms. The lowest BCUT2D eigenvalue weighted by Crippen LogP contribution is -2.17. The maximum absolute atomic E-state index is 12.3. The lowest BCUT2D eigenvalue weighted by Gasteiger charge is -2.27. The molecule has 2 heterocycles. The fourth-order valence-corrected chi connectivity index (χ4v) is 7.96. The number of hydrogen-bond acceptors (Lipinski definition) is 3. The molecule has 0 aliphatic carbocycles. The summed E-state index contributed by atoms with van der Waals surface area (Å²) < 4.78 is 37.0. The largest absolute Gasteiger partial charge is 0.507 e. The van der Waals surface area contributed by atoms with Crippen LogP contribution in [0.2, 0.25) is 0 Å². The van der Waals surface area contributed by atoms with Gasteiger partial charge in [-0.05, 0) is 129 Å². The molecule has 0 aliphatic heterocycles. The summed E-state index contributed by atoms with van der Waals surface area (Å²) in [4.78, 5) is 10.3. The minimum absolute atomic E-state index is 0.117. The first-order valence-corrected chi connectivity index (χ1v) is 20.4. The molecule has 0 atom stereocenters. The number of aryl methyl sites for hydroxylation is 2. The molecule has 0 saturated carbocycles. The predicted molar refractivity (Wildman–Crippen MR) is 249 cm³/mol. The van der Waals surface area contributed by atoms with E-state index < -0.39 is 18.2 Å². The van der Waals surface area contributed by atoms with E-state index in [0.29, 0.717) is 28.1 Å². The number of para-hydroxylation sites is 1. The third-order valence-electron chi connectivity index (χ3n) is 11.3. The molecule has 0 saturated heterocycles. The first kappa shape index (κ1) is 34.8. The Hall–Kier alpha value is -6.26. The number of nitrogens with zero attached hydrogens (tertiary/aromatic N) is 3. The lowest BCUT2D eigenvalue weighted by atomic mass is 9.79. The van der Waals surface area contributed by atoms with Gasteiger partial charge in [0.25, 0.3) is 0 Å². The summed E-state index contributed by atoms with van der Waals surface area (Å²) in [7, 11) is 0. The number of imidazole rings is 1. The standard InChI is InChI=1S/C55H55N3O/c1-34(2)37-19-21-39(22-20-37)41-25-26-56-48(31-41)43-28-35(3)27-42(30-43)45-17-14-18-50-51(45)57-53(46-32-44(54(5,6)7)33-47(52(46)59)55(8,9)10)58(50)49-24-23-40(29-36(49)4)38-15-12-11-13-16-38/h11-34,59H,1-10H3/i4D3,34D. The lowest BCUT2D eigenvalue weighted by molar-refractivity contribution is 0.446. The summed E-state index contributed by atoms with van der Waals surface area (Å²) in [6.07, 6.45) is 1.83. The fourth-order valence-electron chi connectivity index (χ4n) is 7.96. The van der Waals surface area contributed by atoms with Crippen molar-refractivity contribution in [3.63, 3.8) is 0 Å². The topological polar surface area (TPSA) is 50.9 Å². The Bertz CT molecular complexity index is 3000. The zero-order chi connectivity index (χ0) is 45.2. The Kier molecular flexibility index (Phi) is 8.93. The normalized spacial score (nSPS) is 13.5. The second-order valence-corrected chi connectivity index (χ2v) is 18.1. The number of fused-ring (bicyclic) bond motifs is 1. The van der Waals surface area contributed by atoms with Gasteiger partial charge in [0.1, 0.15) is 11.6 Å². The highest BCUT2D eigenvalue weighted by atomic mass is 16.3. The maximum Gasteiger partial charge on any atom is 0.149 e. The monoisotopic (exact) mass is 777 g/mol. The second kappa shape index (κ2) is 15.2. The molecular formula is C55H55N3O. The van der Waals surface area contributed by atoms with Gasteiger partial charge in [-0.1, -0.05) is 140 Å². The second-order valence-electron chi connectivity index (χ2n) is 18.1. The smallest absolute Gasteiger partial charge is 0.149 e. The number of phenols is 1. The zero-order valence-corrected chi connectivity index (χ0v) is 35.6. The van der Waals surface area contributed by atoms with Crippen molar-refractivity contribution in [2.75, 3.05) is 0 Å². The van der Waals surface area contributed by atoms with Gasteiger partial charge in [-0.15, -0.1) is 0 Å². The van der Waals surface area contributed by atoms with Crippen LogP contribution in [0.5, 0.6) is 5.75 Å². The quantitative estimate of drug-likeness (QED) is 0.175. The van der Waals surface area contributed by atoms with Gasteiger partial charge in [-0.2, -0.15) is 0 Å². The minimum atomic E-state index is -2.48. The number of hydrogen-bond donors (Lipinski definition) is 1. The van der Waals surface area contributed by atoms with E-state index in [2.05, 4.69) is 97.0 Å². The van der Waals surface area contributed by atoms with Gasteiger partial charge < -0.3 is 5.11 Å². The van der Waals surface area contributed by atoms with Gasteiger partial charge in [0.2, 0.25) is 0 Å². The summed E-state index contributed by atoms with van der Waals surface area (Å²) in [5, 5.41) is 12.3. The maximum atomic E-state index is 12.3. The van der Waals surface area contributed by atoms with Crippen molar-refractivity contribution in [3.8, 4) is 67.5 Å². The van der Waals surface area contributed by atoms with Crippen molar-refractivity contribution in [1.29, 1.82) is 0 Å². The van der Waals surface area contributed by atoms with Crippen molar-refractivity contribution in [2.24, 2.45) is 0 Å². The molecule has 0 aliphatic rings. The fraction of sp³-hybridized carbons (Fsp3) is 0.236. The van der Waals surface area contributed by atoms with Crippen LogP contribution in [0.1, 0.15) is 94.6 Å². The molecule has 0 bridgehead atoms. The van der Waals surface area contributed by atoms with Crippen molar-refractivity contribution >= 4 is 11.0 Å². The van der Waals surface area contributed by atoms with E-state index >= 15 is 0 Å². The Balaban J connectivity index is 1.38. The van der Waals surface area contributed by atoms with E-state index in [1.807, 2.05) is 103 Å². The summed E-state index contributed by atoms with van der Waals surface area (Å²) in [5.74, 6) is -0.116. The summed E-state index contributed by atoms with van der Waals surface area (Å²) in [5.41, 5.74) is 13.0. The van der Waals surface area contributed by atoms with Crippen LogP contribution in [0.4, 0.5) is 0 Å². The number of phenolic OH excluding ortho intramolecular Hbond substituents is 1. The van der Waals surface area contributed by atoms with Gasteiger partial charge in [0, 0.05) is 28.4 Å². The van der Waals surface area contributed by atoms with Gasteiger partial charge in [0.15, 0.2) is 0 Å². The molecule has 0 radical (unpaired) electrons. The van der Waals surface area contributed by atoms with E-state index in [0.717, 1.165) is 66.9 Å². The van der Waals surface area contributed by atoms with Crippen LogP contribution in [0.25, 0.3) is 72.7 Å². The van der Waals surface area contributed by atoms with Gasteiger partial charge >= 0.3 is 0 Å². The SMILES string of the molecule is [2H]C([2H])([2H])c1cc(-c2ccccc2)ccc1-n1c(-c2cc(C(C)(C)C)cc(C(C)(C)C)c2O)nc2c(-c3cc(C)cc(-c4cc(-c5ccc(C([2H])(C)C)cc5)ccn4)c3)cccc21. The summed E-state index contributed by atoms with van der Waals surface area (Å²) >= 11 is 0. The molecule has 4 nitrogen and oxygen atoms in total. The van der Waals surface area contributed by atoms with E-state index in [-0.39, 0.29) is 16.7 Å². The van der Waals surface area contributed by atoms with Crippen LogP contribution in [-0.2, 0) is 10.8 Å². The van der Waals surface area contributed by atoms with E-state index in [4.69, 9.17) is 15.5 Å². The molecule has 0 amide bonds. The molecule has 0 unspecified atom stereocenters. The van der Waals surface area contributed by atoms with Crippen LogP contribution in [0.3, 0.4) is 0 Å². The van der Waals surface area contributed by atoms with Gasteiger partial charge in [0.05, 0.1) is 28.0 Å². The van der Waals surface area contributed by atoms with Crippen molar-refractivity contribution in [2.45, 2.75) is 85.9 Å². The molecule has 8 aromatic rings. The molecule has 8 rings (SSSR count). The zero-order valence-electron chi connectivity index (χ0n) is 39.6. The Labute approximate surface area is 355 Å². The third kappa shape index (κ3) is 7.72. The Morgan fingerprint density at radius 1 is 0.644 bits per heavy atom. The first-order valence-electron chi connectivity index (χ1n) is 22.4. The number of benzene rings is 6. The van der Waals surface area contributed by atoms with Gasteiger partial charge in [-0.3, -0.25) is 9.55 Å². The van der Waals surface area contributed by atoms with E-state index in [1.54, 1.807) is 6.07 Å². The minimum Gasteiger partial charge on any atom is -0.507 e. The van der Waals surface area contributed by atoms with E-state index in [1.165, 1.54) is 0 Å². The number of pyridine rings is 1. The van der Waals surface area contributed by atoms with Crippen LogP contribution in [-0.4, -0.2) is 19.6 Å². The number of aromatic nitrogens is 3. The highest BCUT2D eigenvalue weighted by molar-refractivity contribution is 5.97. The average molecular weight is 778 g/mol. The molecule has 1 N–H and O–H groups in total. The van der Waals surface area contributed by atoms with Crippen molar-refractivity contribution < 1.29 is 10.6 Å². The Morgan fingerprint density at radius 2 is 1.34 bits per heavy atom. The number of aromatic hydroxyl groups is 1. The summed E-state index contributed by atoms with van der Waals surface area (Å²) in [6.45, 7) is 16.1. The molecule has 2 aromatic heterocycles. The first-order chi connectivity index (χ1) is 29.6. The predicted octanol–water partition coefficient (Wildman–Crippen LogP) is 14.8.